The number of nitrogens with zero attached hydrogens (tertiary/aromatic N) is 7. The largest absolute Gasteiger partial charge is 0.456 e. The molecule has 8 rings (SSSR count). The van der Waals surface area contributed by atoms with Crippen molar-refractivity contribution in [1.82, 2.24) is 34.4 Å². The van der Waals surface area contributed by atoms with Gasteiger partial charge in [0.15, 0.2) is 21.3 Å². The summed E-state index contributed by atoms with van der Waals surface area (Å²) in [4.78, 5) is 33.6. The molecule has 15 nitrogen and oxygen atoms in total. The van der Waals surface area contributed by atoms with Gasteiger partial charge in [0.1, 0.15) is 56.9 Å². The van der Waals surface area contributed by atoms with Gasteiger partial charge in [-0.05, 0) is 56.0 Å². The molecule has 2 N–H and O–H groups in total. The van der Waals surface area contributed by atoms with Gasteiger partial charge in [0.05, 0.1) is 16.7 Å². The fourth-order valence-electron chi connectivity index (χ4n) is 7.66. The summed E-state index contributed by atoms with van der Waals surface area (Å²) in [7, 11) is -6.30. The van der Waals surface area contributed by atoms with Crippen LogP contribution in [0.5, 0.6) is 0 Å². The molecule has 0 radical (unpaired) electrons. The molecule has 6 aromatic rings. The first-order valence-corrected chi connectivity index (χ1v) is 23.7. The van der Waals surface area contributed by atoms with E-state index in [1.807, 2.05) is 0 Å². The summed E-state index contributed by atoms with van der Waals surface area (Å²) < 4.78 is 156. The van der Waals surface area contributed by atoms with Crippen LogP contribution in [0.15, 0.2) is 41.3 Å². The molecule has 2 aliphatic carbocycles. The first-order valence-electron chi connectivity index (χ1n) is 18.7. The molecule has 0 unspecified atom stereocenters. The minimum atomic E-state index is -5.15. The molecule has 2 aromatic carbocycles. The maximum Gasteiger partial charge on any atom is 0.456 e. The quantitative estimate of drug-likeness (QED) is 0.109. The fraction of sp³-hybridized carbons (Fsp3) is 0.368. The lowest BCUT2D eigenvalue weighted by atomic mass is 10.0. The number of rotatable bonds is 10. The van der Waals surface area contributed by atoms with Gasteiger partial charge in [-0.1, -0.05) is 39.8 Å². The number of alkyl halides is 5. The van der Waals surface area contributed by atoms with E-state index in [2.05, 4.69) is 37.1 Å². The second kappa shape index (κ2) is 15.0. The van der Waals surface area contributed by atoms with E-state index in [-0.39, 0.29) is 53.9 Å². The number of benzene rings is 2. The van der Waals surface area contributed by atoms with Gasteiger partial charge in [-0.25, -0.2) is 30.4 Å². The molecule has 0 aliphatic heterocycles. The maximum atomic E-state index is 15.5. The van der Waals surface area contributed by atoms with Crippen molar-refractivity contribution in [3.8, 4) is 17.5 Å². The molecule has 1 saturated carbocycles. The maximum absolute atomic E-state index is 15.5. The smallest absolute Gasteiger partial charge is 0.341 e. The Kier molecular flexibility index (Phi) is 10.5. The Morgan fingerprint density at radius 2 is 1.77 bits per heavy atom. The summed E-state index contributed by atoms with van der Waals surface area (Å²) in [6, 6.07) is 3.29. The van der Waals surface area contributed by atoms with Crippen molar-refractivity contribution in [3.05, 3.63) is 96.9 Å². The van der Waals surface area contributed by atoms with Gasteiger partial charge in [0.2, 0.25) is 15.9 Å². The molecule has 0 spiro atoms. The summed E-state index contributed by atoms with van der Waals surface area (Å²) in [6.07, 6.45) is -2.86. The van der Waals surface area contributed by atoms with Crippen LogP contribution in [-0.4, -0.2) is 69.1 Å². The van der Waals surface area contributed by atoms with Crippen LogP contribution in [0, 0.1) is 29.4 Å². The van der Waals surface area contributed by atoms with Crippen LogP contribution in [-0.2, 0) is 56.8 Å². The number of carbonyl (C=O) groups is 1. The molecule has 64 heavy (non-hydrogen) atoms. The molecule has 0 bridgehead atoms. The van der Waals surface area contributed by atoms with Crippen LogP contribution in [0.4, 0.5) is 36.6 Å². The van der Waals surface area contributed by atoms with Gasteiger partial charge >= 0.3 is 16.8 Å². The summed E-state index contributed by atoms with van der Waals surface area (Å²) in [5, 5.41) is 10.1. The second-order valence-electron chi connectivity index (χ2n) is 15.9. The average molecular weight is 975 g/mol. The monoisotopic (exact) mass is 974 g/mol. The molecule has 4 heterocycles. The van der Waals surface area contributed by atoms with E-state index in [4.69, 9.17) is 11.6 Å². The predicted octanol–water partition coefficient (Wildman–Crippen LogP) is 4.92. The van der Waals surface area contributed by atoms with E-state index in [1.54, 1.807) is 0 Å². The van der Waals surface area contributed by atoms with Crippen molar-refractivity contribution in [3.63, 3.8) is 0 Å². The van der Waals surface area contributed by atoms with Crippen molar-refractivity contribution in [2.45, 2.75) is 62.0 Å². The average Bonchev–Trinajstić information content (AvgIpc) is 3.40. The van der Waals surface area contributed by atoms with Crippen molar-refractivity contribution < 1.29 is 56.8 Å². The minimum Gasteiger partial charge on any atom is -0.341 e. The van der Waals surface area contributed by atoms with Gasteiger partial charge in [-0.3, -0.25) is 18.9 Å². The third kappa shape index (κ3) is 7.97. The predicted molar refractivity (Wildman–Crippen MR) is 217 cm³/mol. The summed E-state index contributed by atoms with van der Waals surface area (Å²) in [5.41, 5.74) is -4.54. The molecule has 26 heteroatoms. The Morgan fingerprint density at radius 3 is 2.39 bits per heavy atom. The number of anilines is 1. The number of amides is 1. The van der Waals surface area contributed by atoms with Crippen LogP contribution < -0.4 is 20.1 Å². The van der Waals surface area contributed by atoms with E-state index >= 15 is 8.78 Å². The van der Waals surface area contributed by atoms with Gasteiger partial charge in [-0.15, -0.1) is 0 Å². The lowest BCUT2D eigenvalue weighted by Gasteiger charge is -2.20. The summed E-state index contributed by atoms with van der Waals surface area (Å²) >= 11 is 7.37. The van der Waals surface area contributed by atoms with Crippen molar-refractivity contribution in [2.24, 2.45) is 13.0 Å². The van der Waals surface area contributed by atoms with Gasteiger partial charge in [-0.2, -0.15) is 41.1 Å². The second-order valence-corrected chi connectivity index (χ2v) is 21.7. The number of hydrogen-bond acceptors (Lipinski definition) is 10. The van der Waals surface area contributed by atoms with Crippen molar-refractivity contribution in [1.29, 1.82) is 0 Å². The highest BCUT2D eigenvalue weighted by Gasteiger charge is 2.68. The summed E-state index contributed by atoms with van der Waals surface area (Å²) in [6.45, 7) is 1.52. The molecule has 3 atom stereocenters. The highest BCUT2D eigenvalue weighted by atomic mass is 35.5. The number of nitrogens with one attached hydrogen (secondary N) is 2. The van der Waals surface area contributed by atoms with Crippen LogP contribution in [0.25, 0.3) is 21.6 Å². The zero-order valence-electron chi connectivity index (χ0n) is 33.6. The number of fused-ring (bicyclic) bond motifs is 5. The highest BCUT2D eigenvalue weighted by molar-refractivity contribution is 7.92. The molecule has 338 valence electrons. The number of hydrogen-bond donors (Lipinski definition) is 2. The molecule has 1 fully saturated rings. The van der Waals surface area contributed by atoms with Crippen LogP contribution >= 0.6 is 22.9 Å². The Bertz CT molecular complexity index is 3330. The molecule has 0 saturated heterocycles. The van der Waals surface area contributed by atoms with E-state index in [1.165, 1.54) is 43.9 Å². The number of carbonyl (C=O) groups excluding carboxylic acids is 1. The standard InChI is InChI=1S/C38H31ClF7N9O6S3/c1-36(2,63(4,58)59)9-8-20-15-53-34(62-20)48-33(55(35(53)57)25-7-6-23(39)28-29(25)52(3)50-32(28)51-64(5,60)61)24(12-17-10-18(40)13-19(41)11-17)47-26(56)16-54-31-27(30(49-54)38(44,45)46)21-14-22(21)37(31,42)43/h6-7,10-11,13,15,21-22,24H,12,14,16H2,1-5H3,(H-,47,50,51,56)/p+1/t21-,22+,24-/m0/s1. The van der Waals surface area contributed by atoms with Crippen molar-refractivity contribution >= 4 is 70.4 Å². The zero-order valence-corrected chi connectivity index (χ0v) is 36.9. The SMILES string of the molecule is Cn1nc(NS(C)(=O)=O)c2c(Cl)ccc(-n3c([C@H](Cc4cc(F)cc(F)c4)NC(=O)Cn4nc(C(F)(F)F)c5c4C(F)(F)[C@@H]4C[C@H]54)nc4sc(C#CC(C)(C)S(C)(=O)=O)c[n+]4c3=O)c21. The van der Waals surface area contributed by atoms with Crippen LogP contribution in [0.1, 0.15) is 65.4 Å². The number of aromatic nitrogens is 7. The van der Waals surface area contributed by atoms with E-state index in [0.29, 0.717) is 6.07 Å². The highest BCUT2D eigenvalue weighted by Crippen LogP contribution is 2.68. The number of aryl methyl sites for hydroxylation is 1. The topological polar surface area (TPSA) is 184 Å². The molecule has 1 amide bonds. The minimum absolute atomic E-state index is 0.00311. The Labute approximate surface area is 366 Å². The van der Waals surface area contributed by atoms with Gasteiger partial charge in [0, 0.05) is 37.3 Å². The number of halogens is 8. The van der Waals surface area contributed by atoms with Crippen LogP contribution in [0.3, 0.4) is 0 Å². The molecular weight excluding hydrogens is 943 g/mol. The third-order valence-electron chi connectivity index (χ3n) is 10.8. The third-order valence-corrected chi connectivity index (χ3v) is 14.6. The Hall–Kier alpha value is -5.58. The van der Waals surface area contributed by atoms with E-state index in [9.17, 15) is 48.4 Å². The summed E-state index contributed by atoms with van der Waals surface area (Å²) in [5.74, 6) is -4.92. The van der Waals surface area contributed by atoms with Crippen molar-refractivity contribution in [2.75, 3.05) is 17.2 Å². The van der Waals surface area contributed by atoms with E-state index in [0.717, 1.165) is 44.9 Å². The van der Waals surface area contributed by atoms with Crippen LogP contribution in [0.2, 0.25) is 5.02 Å². The fourth-order valence-corrected chi connectivity index (χ4v) is 9.46. The lowest BCUT2D eigenvalue weighted by Crippen LogP contribution is -2.48. The zero-order chi connectivity index (χ0) is 46.8. The number of sulfone groups is 1. The molecule has 4 aromatic heterocycles. The first-order chi connectivity index (χ1) is 29.6. The number of thiazole rings is 1. The molecular formula is C38H32ClF7N9O6S3+. The normalized spacial score (nSPS) is 17.5. The lowest BCUT2D eigenvalue weighted by molar-refractivity contribution is -0.533. The van der Waals surface area contributed by atoms with Gasteiger partial charge < -0.3 is 5.32 Å². The molecule has 2 aliphatic rings. The first kappa shape index (κ1) is 45.0. The number of sulfonamides is 1. The Morgan fingerprint density at radius 1 is 1.09 bits per heavy atom. The van der Waals surface area contributed by atoms with Gasteiger partial charge in [0.25, 0.3) is 11.7 Å². The van der Waals surface area contributed by atoms with E-state index < -0.39 is 114 Å². The Balaban J connectivity index is 1.35.